The minimum atomic E-state index is 1.10. The zero-order valence-electron chi connectivity index (χ0n) is 33.5. The van der Waals surface area contributed by atoms with Crippen molar-refractivity contribution in [3.8, 4) is 33.4 Å². The van der Waals surface area contributed by atoms with Crippen molar-refractivity contribution < 1.29 is 0 Å². The topological polar surface area (TPSA) is 3.24 Å². The van der Waals surface area contributed by atoms with Gasteiger partial charge in [0.25, 0.3) is 0 Å². The maximum atomic E-state index is 2.43. The first-order valence-electron chi connectivity index (χ1n) is 21.1. The van der Waals surface area contributed by atoms with Crippen molar-refractivity contribution in [1.82, 2.24) is 0 Å². The van der Waals surface area contributed by atoms with Crippen LogP contribution in [0.2, 0.25) is 0 Å². The average Bonchev–Trinajstić information content (AvgIpc) is 3.34. The van der Waals surface area contributed by atoms with Crippen LogP contribution < -0.4 is 4.90 Å². The Morgan fingerprint density at radius 2 is 0.508 bits per heavy atom. The quantitative estimate of drug-likeness (QED) is 0.152. The van der Waals surface area contributed by atoms with Crippen molar-refractivity contribution in [3.05, 3.63) is 237 Å². The van der Waals surface area contributed by atoms with Gasteiger partial charge in [-0.3, -0.25) is 0 Å². The largest absolute Gasteiger partial charge is 0.310 e. The molecule has 12 aromatic carbocycles. The van der Waals surface area contributed by atoms with Crippen molar-refractivity contribution in [2.24, 2.45) is 0 Å². The first-order chi connectivity index (χ1) is 30.2. The van der Waals surface area contributed by atoms with Gasteiger partial charge in [-0.2, -0.15) is 0 Å². The monoisotopic (exact) mass is 773 g/mol. The first-order valence-corrected chi connectivity index (χ1v) is 21.1. The van der Waals surface area contributed by atoms with Crippen LogP contribution in [0.25, 0.3) is 98.0 Å². The maximum Gasteiger partial charge on any atom is 0.0546 e. The molecule has 0 saturated heterocycles. The summed E-state index contributed by atoms with van der Waals surface area (Å²) in [6, 6.07) is 86.8. The minimum absolute atomic E-state index is 1.10. The average molecular weight is 774 g/mol. The molecule has 0 unspecified atom stereocenters. The summed E-state index contributed by atoms with van der Waals surface area (Å²) in [4.78, 5) is 2.43. The number of fused-ring (bicyclic) bond motifs is 9. The number of nitrogens with zero attached hydrogens (tertiary/aromatic N) is 1. The fourth-order valence-electron chi connectivity index (χ4n) is 9.67. The standard InChI is InChI=1S/C60H39N/c1-4-16-49-44(13-1)37-58(55-22-9-7-19-52(49)55)42-27-25-40(26-28-42)41-29-33-47(34-30-41)61(60-39-46-15-3-6-18-51(46)54-21-11-12-24-57(54)60)48-35-31-43(32-36-48)59-38-45-14-2-5-17-50(45)53-20-8-10-23-56(53)59/h1-39H. The van der Waals surface area contributed by atoms with E-state index in [0.717, 1.165) is 17.1 Å². The van der Waals surface area contributed by atoms with Crippen LogP contribution in [0.3, 0.4) is 0 Å². The molecule has 12 rings (SSSR count). The van der Waals surface area contributed by atoms with Crippen LogP contribution in [0.15, 0.2) is 237 Å². The van der Waals surface area contributed by atoms with Crippen LogP contribution >= 0.6 is 0 Å². The third-order valence-corrected chi connectivity index (χ3v) is 12.6. The van der Waals surface area contributed by atoms with E-state index in [-0.39, 0.29) is 0 Å². The number of hydrogen-bond acceptors (Lipinski definition) is 1. The Bertz CT molecular complexity index is 3620. The molecule has 0 aliphatic heterocycles. The van der Waals surface area contributed by atoms with Gasteiger partial charge < -0.3 is 4.90 Å². The molecule has 0 saturated carbocycles. The third kappa shape index (κ3) is 5.93. The zero-order valence-corrected chi connectivity index (χ0v) is 33.5. The molecule has 0 bridgehead atoms. The SMILES string of the molecule is c1ccc2c(c1)cc(-c1ccc(-c3ccc(N(c4ccc(-c5cc6ccccc6c6ccccc56)cc4)c4cc5ccccc5c5ccccc45)cc3)cc1)c1ccccc12. The van der Waals surface area contributed by atoms with Crippen molar-refractivity contribution in [1.29, 1.82) is 0 Å². The Hall–Kier alpha value is -8.00. The summed E-state index contributed by atoms with van der Waals surface area (Å²) in [6.07, 6.45) is 0. The predicted molar refractivity (Wildman–Crippen MR) is 262 cm³/mol. The summed E-state index contributed by atoms with van der Waals surface area (Å²) in [5, 5.41) is 15.1. The van der Waals surface area contributed by atoms with E-state index in [1.54, 1.807) is 0 Å². The van der Waals surface area contributed by atoms with Crippen molar-refractivity contribution in [2.75, 3.05) is 4.90 Å². The molecule has 1 nitrogen and oxygen atoms in total. The van der Waals surface area contributed by atoms with E-state index in [4.69, 9.17) is 0 Å². The fourth-order valence-corrected chi connectivity index (χ4v) is 9.67. The lowest BCUT2D eigenvalue weighted by molar-refractivity contribution is 1.30. The molecular formula is C60H39N. The molecule has 0 radical (unpaired) electrons. The molecule has 0 spiro atoms. The highest BCUT2D eigenvalue weighted by Crippen LogP contribution is 2.44. The number of rotatable bonds is 6. The highest BCUT2D eigenvalue weighted by molar-refractivity contribution is 6.16. The molecule has 0 aliphatic carbocycles. The van der Waals surface area contributed by atoms with Crippen LogP contribution in [-0.2, 0) is 0 Å². The molecule has 0 aliphatic rings. The normalized spacial score (nSPS) is 11.6. The second-order valence-electron chi connectivity index (χ2n) is 16.1. The highest BCUT2D eigenvalue weighted by Gasteiger charge is 2.19. The van der Waals surface area contributed by atoms with Gasteiger partial charge in [-0.05, 0) is 135 Å². The van der Waals surface area contributed by atoms with Crippen molar-refractivity contribution in [3.63, 3.8) is 0 Å². The molecule has 0 heterocycles. The smallest absolute Gasteiger partial charge is 0.0546 e. The maximum absolute atomic E-state index is 2.43. The summed E-state index contributed by atoms with van der Waals surface area (Å²) < 4.78 is 0. The van der Waals surface area contributed by atoms with Gasteiger partial charge in [0.1, 0.15) is 0 Å². The molecule has 0 amide bonds. The Morgan fingerprint density at radius 1 is 0.213 bits per heavy atom. The summed E-state index contributed by atoms with van der Waals surface area (Å²) in [6.45, 7) is 0. The second kappa shape index (κ2) is 14.4. The molecule has 0 aromatic heterocycles. The summed E-state index contributed by atoms with van der Waals surface area (Å²) in [7, 11) is 0. The van der Waals surface area contributed by atoms with E-state index in [1.165, 1.54) is 98.0 Å². The van der Waals surface area contributed by atoms with E-state index in [1.807, 2.05) is 0 Å². The number of anilines is 3. The van der Waals surface area contributed by atoms with Gasteiger partial charge in [0.05, 0.1) is 5.69 Å². The minimum Gasteiger partial charge on any atom is -0.310 e. The van der Waals surface area contributed by atoms with Crippen LogP contribution in [0.4, 0.5) is 17.1 Å². The van der Waals surface area contributed by atoms with E-state index in [0.29, 0.717) is 0 Å². The molecular weight excluding hydrogens is 735 g/mol. The molecule has 0 atom stereocenters. The van der Waals surface area contributed by atoms with E-state index in [2.05, 4.69) is 241 Å². The van der Waals surface area contributed by atoms with Crippen LogP contribution in [0.1, 0.15) is 0 Å². The van der Waals surface area contributed by atoms with Gasteiger partial charge in [0.2, 0.25) is 0 Å². The molecule has 0 N–H and O–H groups in total. The zero-order chi connectivity index (χ0) is 40.3. The number of benzene rings is 12. The van der Waals surface area contributed by atoms with Crippen molar-refractivity contribution in [2.45, 2.75) is 0 Å². The summed E-state index contributed by atoms with van der Waals surface area (Å²) in [5.41, 5.74) is 10.7. The lowest BCUT2D eigenvalue weighted by Gasteiger charge is -2.28. The van der Waals surface area contributed by atoms with E-state index >= 15 is 0 Å². The molecule has 0 fully saturated rings. The lowest BCUT2D eigenvalue weighted by Crippen LogP contribution is -2.10. The number of hydrogen-bond donors (Lipinski definition) is 0. The molecule has 61 heavy (non-hydrogen) atoms. The van der Waals surface area contributed by atoms with Gasteiger partial charge in [-0.25, -0.2) is 0 Å². The second-order valence-corrected chi connectivity index (χ2v) is 16.1. The molecule has 12 aromatic rings. The highest BCUT2D eigenvalue weighted by atomic mass is 15.1. The van der Waals surface area contributed by atoms with Crippen LogP contribution in [0.5, 0.6) is 0 Å². The van der Waals surface area contributed by atoms with Gasteiger partial charge in [0.15, 0.2) is 0 Å². The summed E-state index contributed by atoms with van der Waals surface area (Å²) in [5.74, 6) is 0. The van der Waals surface area contributed by atoms with E-state index in [9.17, 15) is 0 Å². The fraction of sp³-hybridized carbons (Fsp3) is 0. The first kappa shape index (κ1) is 35.0. The Labute approximate surface area is 355 Å². The van der Waals surface area contributed by atoms with Crippen LogP contribution in [0, 0.1) is 0 Å². The molecule has 1 heteroatoms. The Morgan fingerprint density at radius 3 is 0.951 bits per heavy atom. The predicted octanol–water partition coefficient (Wildman–Crippen LogP) is 17.1. The van der Waals surface area contributed by atoms with E-state index < -0.39 is 0 Å². The van der Waals surface area contributed by atoms with Gasteiger partial charge >= 0.3 is 0 Å². The van der Waals surface area contributed by atoms with Crippen molar-refractivity contribution >= 4 is 81.7 Å². The van der Waals surface area contributed by atoms with Crippen LogP contribution in [-0.4, -0.2) is 0 Å². The van der Waals surface area contributed by atoms with Gasteiger partial charge in [-0.1, -0.05) is 194 Å². The third-order valence-electron chi connectivity index (χ3n) is 12.6. The van der Waals surface area contributed by atoms with Gasteiger partial charge in [-0.15, -0.1) is 0 Å². The van der Waals surface area contributed by atoms with Gasteiger partial charge in [0, 0.05) is 16.8 Å². The lowest BCUT2D eigenvalue weighted by atomic mass is 9.92. The summed E-state index contributed by atoms with van der Waals surface area (Å²) >= 11 is 0. The Kier molecular flexibility index (Phi) is 8.25. The Balaban J connectivity index is 0.958. The molecule has 284 valence electrons.